The van der Waals surface area contributed by atoms with E-state index in [4.69, 9.17) is 14.2 Å². The first-order chi connectivity index (χ1) is 13.8. The van der Waals surface area contributed by atoms with E-state index in [1.54, 1.807) is 26.4 Å². The average Bonchev–Trinajstić information content (AvgIpc) is 2.70. The molecule has 0 amide bonds. The Morgan fingerprint density at radius 1 is 1.03 bits per heavy atom. The molecule has 0 radical (unpaired) electrons. The minimum absolute atomic E-state index is 0.101. The van der Waals surface area contributed by atoms with E-state index < -0.39 is 5.97 Å². The lowest BCUT2D eigenvalue weighted by molar-refractivity contribution is 0.0692. The van der Waals surface area contributed by atoms with Crippen LogP contribution >= 0.6 is 11.8 Å². The smallest absolute Gasteiger partial charge is 0.339 e. The zero-order valence-corrected chi connectivity index (χ0v) is 18.1. The number of thioether (sulfide) groups is 1. The van der Waals surface area contributed by atoms with Crippen LogP contribution in [0.5, 0.6) is 23.0 Å². The number of carboxylic acids is 1. The summed E-state index contributed by atoms with van der Waals surface area (Å²) in [7, 11) is 4.63. The molecule has 0 fully saturated rings. The van der Waals surface area contributed by atoms with E-state index in [0.717, 1.165) is 10.5 Å². The molecule has 2 N–H and O–H groups in total. The second-order valence-corrected chi connectivity index (χ2v) is 7.59. The lowest BCUT2D eigenvalue weighted by Crippen LogP contribution is -2.06. The summed E-state index contributed by atoms with van der Waals surface area (Å²) in [5, 5.41) is 20.4. The van der Waals surface area contributed by atoms with E-state index in [1.165, 1.54) is 18.9 Å². The summed E-state index contributed by atoms with van der Waals surface area (Å²) in [6, 6.07) is 7.17. The largest absolute Gasteiger partial charge is 0.507 e. The van der Waals surface area contributed by atoms with Crippen molar-refractivity contribution < 1.29 is 29.2 Å². The molecule has 0 aliphatic heterocycles. The first-order valence-corrected chi connectivity index (χ1v) is 9.94. The summed E-state index contributed by atoms with van der Waals surface area (Å²) < 4.78 is 16.0. The first-order valence-electron chi connectivity index (χ1n) is 8.95. The van der Waals surface area contributed by atoms with Crippen molar-refractivity contribution in [3.8, 4) is 23.0 Å². The van der Waals surface area contributed by atoms with E-state index in [9.17, 15) is 15.0 Å². The van der Waals surface area contributed by atoms with Gasteiger partial charge in [0, 0.05) is 16.2 Å². The van der Waals surface area contributed by atoms with Crippen molar-refractivity contribution in [1.82, 2.24) is 0 Å². The fourth-order valence-corrected chi connectivity index (χ4v) is 3.75. The van der Waals surface area contributed by atoms with Gasteiger partial charge in [-0.25, -0.2) is 4.79 Å². The number of ether oxygens (including phenoxy) is 3. The number of hydrogen-bond acceptors (Lipinski definition) is 6. The van der Waals surface area contributed by atoms with E-state index >= 15 is 0 Å². The minimum Gasteiger partial charge on any atom is -0.507 e. The Bertz CT molecular complexity index is 916. The van der Waals surface area contributed by atoms with Gasteiger partial charge in [0.05, 0.1) is 21.3 Å². The summed E-state index contributed by atoms with van der Waals surface area (Å²) >= 11 is 1.43. The molecule has 7 heteroatoms. The summed E-state index contributed by atoms with van der Waals surface area (Å²) in [6.07, 6.45) is 2.31. The van der Waals surface area contributed by atoms with Gasteiger partial charge in [-0.3, -0.25) is 0 Å². The Morgan fingerprint density at radius 2 is 1.69 bits per heavy atom. The lowest BCUT2D eigenvalue weighted by Gasteiger charge is -2.16. The highest BCUT2D eigenvalue weighted by atomic mass is 32.2. The third-order valence-electron chi connectivity index (χ3n) is 4.34. The first kappa shape index (κ1) is 22.5. The number of phenols is 1. The van der Waals surface area contributed by atoms with Crippen LogP contribution in [0.1, 0.15) is 35.3 Å². The molecule has 0 aliphatic carbocycles. The van der Waals surface area contributed by atoms with Crippen molar-refractivity contribution in [2.24, 2.45) is 0 Å². The predicted molar refractivity (Wildman–Crippen MR) is 114 cm³/mol. The van der Waals surface area contributed by atoms with Gasteiger partial charge in [-0.15, -0.1) is 11.8 Å². The van der Waals surface area contributed by atoms with Gasteiger partial charge >= 0.3 is 5.97 Å². The molecule has 0 spiro atoms. The monoisotopic (exact) mass is 418 g/mol. The molecule has 2 aromatic rings. The molecule has 0 aliphatic rings. The topological polar surface area (TPSA) is 85.2 Å². The van der Waals surface area contributed by atoms with Gasteiger partial charge in [-0.1, -0.05) is 11.6 Å². The van der Waals surface area contributed by atoms with E-state index in [2.05, 4.69) is 0 Å². The molecule has 0 heterocycles. The number of rotatable bonds is 9. The molecule has 0 aromatic heterocycles. The van der Waals surface area contributed by atoms with E-state index in [-0.39, 0.29) is 11.3 Å². The van der Waals surface area contributed by atoms with Gasteiger partial charge in [-0.2, -0.15) is 0 Å². The maximum Gasteiger partial charge on any atom is 0.339 e. The highest BCUT2D eigenvalue weighted by Crippen LogP contribution is 2.39. The summed E-state index contributed by atoms with van der Waals surface area (Å²) in [4.78, 5) is 12.7. The Labute approximate surface area is 175 Å². The second kappa shape index (κ2) is 10.1. The molecule has 156 valence electrons. The molecular weight excluding hydrogens is 392 g/mol. The van der Waals surface area contributed by atoms with Crippen LogP contribution in [0, 0.1) is 0 Å². The number of hydrogen-bond donors (Lipinski definition) is 2. The van der Waals surface area contributed by atoms with Crippen LogP contribution in [-0.4, -0.2) is 37.5 Å². The molecule has 0 atom stereocenters. The van der Waals surface area contributed by atoms with Crippen molar-refractivity contribution in [1.29, 1.82) is 0 Å². The van der Waals surface area contributed by atoms with Gasteiger partial charge in [0.25, 0.3) is 0 Å². The number of allylic oxidation sites excluding steroid dienone is 2. The van der Waals surface area contributed by atoms with Gasteiger partial charge in [0.1, 0.15) is 17.1 Å². The van der Waals surface area contributed by atoms with Crippen LogP contribution in [0.25, 0.3) is 0 Å². The standard InChI is InChI=1S/C22H26O6S/c1-13(2)6-8-16-18(27-4)10-14(20(21(16)23)22(24)25)12-29-15-7-9-17(26-3)19(11-15)28-5/h6-7,9-11,23H,8,12H2,1-5H3,(H,24,25). The molecule has 0 saturated heterocycles. The molecule has 0 saturated carbocycles. The number of benzene rings is 2. The van der Waals surface area contributed by atoms with Crippen LogP contribution in [0.15, 0.2) is 40.8 Å². The number of aromatic hydroxyl groups is 1. The zero-order chi connectivity index (χ0) is 21.6. The van der Waals surface area contributed by atoms with Gasteiger partial charge < -0.3 is 24.4 Å². The zero-order valence-electron chi connectivity index (χ0n) is 17.2. The quantitative estimate of drug-likeness (QED) is 0.442. The fraction of sp³-hybridized carbons (Fsp3) is 0.318. The molecule has 2 rings (SSSR count). The maximum absolute atomic E-state index is 11.9. The molecule has 6 nitrogen and oxygen atoms in total. The summed E-state index contributed by atoms with van der Waals surface area (Å²) in [6.45, 7) is 3.88. The fourth-order valence-electron chi connectivity index (χ4n) is 2.84. The molecule has 2 aromatic carbocycles. The Hall–Kier alpha value is -2.80. The second-order valence-electron chi connectivity index (χ2n) is 6.54. The van der Waals surface area contributed by atoms with Crippen molar-refractivity contribution in [2.45, 2.75) is 30.9 Å². The van der Waals surface area contributed by atoms with Crippen molar-refractivity contribution in [3.05, 3.63) is 52.6 Å². The Balaban J connectivity index is 2.40. The van der Waals surface area contributed by atoms with Gasteiger partial charge in [-0.05, 0) is 50.1 Å². The van der Waals surface area contributed by atoms with Crippen LogP contribution < -0.4 is 14.2 Å². The number of carboxylic acid groups (broad SMARTS) is 1. The van der Waals surface area contributed by atoms with Crippen molar-refractivity contribution in [2.75, 3.05) is 21.3 Å². The van der Waals surface area contributed by atoms with Crippen LogP contribution in [-0.2, 0) is 12.2 Å². The minimum atomic E-state index is -1.17. The van der Waals surface area contributed by atoms with Crippen LogP contribution in [0.4, 0.5) is 0 Å². The summed E-state index contributed by atoms with van der Waals surface area (Å²) in [5.74, 6) is 0.584. The van der Waals surface area contributed by atoms with Gasteiger partial charge in [0.15, 0.2) is 11.5 Å². The predicted octanol–water partition coefficient (Wildman–Crippen LogP) is 4.92. The van der Waals surface area contributed by atoms with Crippen LogP contribution in [0.2, 0.25) is 0 Å². The highest BCUT2D eigenvalue weighted by Gasteiger charge is 2.22. The third-order valence-corrected chi connectivity index (χ3v) is 5.39. The normalized spacial score (nSPS) is 10.4. The Morgan fingerprint density at radius 3 is 2.24 bits per heavy atom. The number of methoxy groups -OCH3 is 3. The number of carbonyl (C=O) groups is 1. The summed E-state index contributed by atoms with van der Waals surface area (Å²) in [5.41, 5.74) is 1.91. The van der Waals surface area contributed by atoms with Crippen molar-refractivity contribution >= 4 is 17.7 Å². The van der Waals surface area contributed by atoms with Crippen molar-refractivity contribution in [3.63, 3.8) is 0 Å². The highest BCUT2D eigenvalue weighted by molar-refractivity contribution is 7.98. The average molecular weight is 419 g/mol. The SMILES string of the molecule is COc1ccc(SCc2cc(OC)c(CC=C(C)C)c(O)c2C(=O)O)cc1OC. The van der Waals surface area contributed by atoms with Gasteiger partial charge in [0.2, 0.25) is 0 Å². The Kier molecular flexibility index (Phi) is 7.84. The maximum atomic E-state index is 11.9. The van der Waals surface area contributed by atoms with E-state index in [0.29, 0.717) is 40.5 Å². The number of aromatic carboxylic acids is 1. The molecule has 29 heavy (non-hydrogen) atoms. The lowest BCUT2D eigenvalue weighted by atomic mass is 9.99. The van der Waals surface area contributed by atoms with E-state index in [1.807, 2.05) is 32.1 Å². The molecule has 0 unspecified atom stereocenters. The third kappa shape index (κ3) is 5.38. The molecular formula is C22H26O6S. The molecule has 0 bridgehead atoms. The van der Waals surface area contributed by atoms with Crippen LogP contribution in [0.3, 0.4) is 0 Å².